The molecule has 2 aromatic rings. The number of unbranched alkanes of at least 4 members (excludes halogenated alkanes) is 1. The van der Waals surface area contributed by atoms with Crippen LogP contribution >= 0.6 is 0 Å². The maximum Gasteiger partial charge on any atom is 0.168 e. The Balaban J connectivity index is 1.58. The van der Waals surface area contributed by atoms with Crippen molar-refractivity contribution in [2.45, 2.75) is 71.6 Å². The third kappa shape index (κ3) is 5.12. The van der Waals surface area contributed by atoms with E-state index in [4.69, 9.17) is 0 Å². The van der Waals surface area contributed by atoms with Gasteiger partial charge in [0.25, 0.3) is 0 Å². The van der Waals surface area contributed by atoms with Crippen molar-refractivity contribution in [1.82, 2.24) is 10.2 Å². The van der Waals surface area contributed by atoms with E-state index >= 15 is 0 Å². The van der Waals surface area contributed by atoms with E-state index in [0.717, 1.165) is 18.0 Å². The molecule has 1 aromatic heterocycles. The number of aromatic nitrogens is 2. The van der Waals surface area contributed by atoms with Crippen molar-refractivity contribution >= 4 is 0 Å². The van der Waals surface area contributed by atoms with E-state index in [9.17, 15) is 8.78 Å². The lowest BCUT2D eigenvalue weighted by Crippen LogP contribution is -2.15. The first-order chi connectivity index (χ1) is 13.1. The van der Waals surface area contributed by atoms with Gasteiger partial charge in [0.1, 0.15) is 0 Å². The van der Waals surface area contributed by atoms with Crippen LogP contribution < -0.4 is 0 Å². The molecule has 27 heavy (non-hydrogen) atoms. The first-order valence-corrected chi connectivity index (χ1v) is 10.4. The van der Waals surface area contributed by atoms with Crippen molar-refractivity contribution in [1.29, 1.82) is 0 Å². The van der Waals surface area contributed by atoms with Crippen LogP contribution in [-0.4, -0.2) is 10.2 Å². The highest BCUT2D eigenvalue weighted by Gasteiger charge is 2.22. The molecule has 1 aliphatic carbocycles. The average molecular weight is 373 g/mol. The molecule has 0 spiro atoms. The van der Waals surface area contributed by atoms with Crippen LogP contribution in [0, 0.1) is 30.4 Å². The normalized spacial score (nSPS) is 20.0. The number of aryl methyl sites for hydroxylation is 2. The summed E-state index contributed by atoms with van der Waals surface area (Å²) in [5.74, 6) is -0.0151. The van der Waals surface area contributed by atoms with Crippen LogP contribution in [0.1, 0.15) is 69.5 Å². The van der Waals surface area contributed by atoms with Gasteiger partial charge in [-0.25, -0.2) is 8.78 Å². The topological polar surface area (TPSA) is 25.8 Å². The van der Waals surface area contributed by atoms with Gasteiger partial charge in [0.2, 0.25) is 0 Å². The molecule has 4 heteroatoms. The van der Waals surface area contributed by atoms with Crippen molar-refractivity contribution in [3.8, 4) is 11.3 Å². The fourth-order valence-electron chi connectivity index (χ4n) is 4.18. The number of hydrogen-bond donors (Lipinski definition) is 0. The average Bonchev–Trinajstić information content (AvgIpc) is 2.69. The molecule has 1 aliphatic rings. The Labute approximate surface area is 161 Å². The van der Waals surface area contributed by atoms with Gasteiger partial charge in [0.15, 0.2) is 11.6 Å². The molecule has 146 valence electrons. The zero-order valence-corrected chi connectivity index (χ0v) is 16.5. The maximum atomic E-state index is 14.6. The summed E-state index contributed by atoms with van der Waals surface area (Å²) in [5.41, 5.74) is 1.78. The minimum absolute atomic E-state index is 0.181. The van der Waals surface area contributed by atoms with E-state index in [1.807, 2.05) is 6.92 Å². The molecule has 1 aromatic carbocycles. The van der Waals surface area contributed by atoms with Crippen molar-refractivity contribution < 1.29 is 8.78 Å². The summed E-state index contributed by atoms with van der Waals surface area (Å²) in [4.78, 5) is 0. The monoisotopic (exact) mass is 372 g/mol. The van der Waals surface area contributed by atoms with Crippen molar-refractivity contribution in [3.63, 3.8) is 0 Å². The van der Waals surface area contributed by atoms with Crippen LogP contribution in [0.15, 0.2) is 24.3 Å². The van der Waals surface area contributed by atoms with Crippen LogP contribution in [0.5, 0.6) is 0 Å². The molecule has 0 saturated heterocycles. The van der Waals surface area contributed by atoms with Crippen LogP contribution in [0.4, 0.5) is 8.78 Å². The Bertz CT molecular complexity index is 735. The molecule has 1 fully saturated rings. The van der Waals surface area contributed by atoms with Gasteiger partial charge < -0.3 is 0 Å². The summed E-state index contributed by atoms with van der Waals surface area (Å²) in [7, 11) is 0. The molecule has 1 heterocycles. The Morgan fingerprint density at radius 2 is 1.59 bits per heavy atom. The second-order valence-corrected chi connectivity index (χ2v) is 8.03. The number of halogens is 2. The van der Waals surface area contributed by atoms with Crippen LogP contribution in [-0.2, 0) is 6.42 Å². The lowest BCUT2D eigenvalue weighted by Gasteiger charge is -2.28. The Morgan fingerprint density at radius 1 is 0.889 bits per heavy atom. The number of benzene rings is 1. The number of nitrogens with zero attached hydrogens (tertiary/aromatic N) is 2. The minimum Gasteiger partial charge on any atom is -0.203 e. The first-order valence-electron chi connectivity index (χ1n) is 10.4. The quantitative estimate of drug-likeness (QED) is 0.543. The fourth-order valence-corrected chi connectivity index (χ4v) is 4.18. The lowest BCUT2D eigenvalue weighted by atomic mass is 9.78. The highest BCUT2D eigenvalue weighted by molar-refractivity contribution is 5.60. The van der Waals surface area contributed by atoms with Crippen LogP contribution in [0.3, 0.4) is 0 Å². The molecule has 2 nitrogen and oxygen atoms in total. The molecule has 1 saturated carbocycles. The van der Waals surface area contributed by atoms with Gasteiger partial charge in [-0.1, -0.05) is 57.9 Å². The zero-order valence-electron chi connectivity index (χ0n) is 16.5. The predicted octanol–water partition coefficient (Wildman–Crippen LogP) is 6.66. The van der Waals surface area contributed by atoms with Gasteiger partial charge >= 0.3 is 0 Å². The van der Waals surface area contributed by atoms with E-state index in [1.165, 1.54) is 44.9 Å². The molecule has 0 bridgehead atoms. The molecular weight excluding hydrogens is 342 g/mol. The summed E-state index contributed by atoms with van der Waals surface area (Å²) in [6, 6.07) is 6.78. The second kappa shape index (κ2) is 9.38. The van der Waals surface area contributed by atoms with Gasteiger partial charge in [0.05, 0.1) is 11.4 Å². The zero-order chi connectivity index (χ0) is 19.2. The van der Waals surface area contributed by atoms with Gasteiger partial charge in [0, 0.05) is 5.56 Å². The molecular formula is C23H30F2N2. The van der Waals surface area contributed by atoms with Crippen molar-refractivity contribution in [3.05, 3.63) is 47.2 Å². The summed E-state index contributed by atoms with van der Waals surface area (Å²) in [5, 5.41) is 7.90. The molecule has 0 atom stereocenters. The number of rotatable bonds is 7. The van der Waals surface area contributed by atoms with Gasteiger partial charge in [-0.05, 0) is 55.4 Å². The highest BCUT2D eigenvalue weighted by Crippen LogP contribution is 2.34. The third-order valence-electron chi connectivity index (χ3n) is 5.99. The van der Waals surface area contributed by atoms with E-state index < -0.39 is 11.6 Å². The van der Waals surface area contributed by atoms with E-state index in [1.54, 1.807) is 24.3 Å². The van der Waals surface area contributed by atoms with Gasteiger partial charge in [-0.2, -0.15) is 10.2 Å². The van der Waals surface area contributed by atoms with Crippen LogP contribution in [0.2, 0.25) is 0 Å². The van der Waals surface area contributed by atoms with Gasteiger partial charge in [-0.3, -0.25) is 0 Å². The SMILES string of the molecule is CCCCC1CCC(CCc2ccc(-c3ccc(C)nn3)c(F)c2F)CC1. The maximum absolute atomic E-state index is 14.6. The molecule has 0 amide bonds. The highest BCUT2D eigenvalue weighted by atomic mass is 19.2. The minimum atomic E-state index is -0.811. The lowest BCUT2D eigenvalue weighted by molar-refractivity contribution is 0.249. The smallest absolute Gasteiger partial charge is 0.168 e. The molecule has 0 unspecified atom stereocenters. The van der Waals surface area contributed by atoms with E-state index in [-0.39, 0.29) is 5.56 Å². The fraction of sp³-hybridized carbons (Fsp3) is 0.565. The molecule has 0 N–H and O–H groups in total. The van der Waals surface area contributed by atoms with Crippen molar-refractivity contribution in [2.75, 3.05) is 0 Å². The van der Waals surface area contributed by atoms with Crippen LogP contribution in [0.25, 0.3) is 11.3 Å². The summed E-state index contributed by atoms with van der Waals surface area (Å²) < 4.78 is 29.1. The third-order valence-corrected chi connectivity index (χ3v) is 5.99. The van der Waals surface area contributed by atoms with Crippen molar-refractivity contribution in [2.24, 2.45) is 11.8 Å². The largest absolute Gasteiger partial charge is 0.203 e. The second-order valence-electron chi connectivity index (χ2n) is 8.03. The Hall–Kier alpha value is -1.84. The van der Waals surface area contributed by atoms with Gasteiger partial charge in [-0.15, -0.1) is 0 Å². The molecule has 0 aliphatic heterocycles. The number of hydrogen-bond acceptors (Lipinski definition) is 2. The van der Waals surface area contributed by atoms with E-state index in [0.29, 0.717) is 23.6 Å². The standard InChI is InChI=1S/C23H30F2N2/c1-3-4-5-17-7-9-18(10-8-17)11-12-19-13-14-20(23(25)22(19)24)21-15-6-16(2)26-27-21/h6,13-15,17-18H,3-5,7-12H2,1-2H3. The summed E-state index contributed by atoms with van der Waals surface area (Å²) in [6.07, 6.45) is 10.6. The van der Waals surface area contributed by atoms with E-state index in [2.05, 4.69) is 17.1 Å². The summed E-state index contributed by atoms with van der Waals surface area (Å²) in [6.45, 7) is 4.06. The first kappa shape index (κ1) is 19.9. The predicted molar refractivity (Wildman–Crippen MR) is 105 cm³/mol. The Morgan fingerprint density at radius 3 is 2.22 bits per heavy atom. The summed E-state index contributed by atoms with van der Waals surface area (Å²) >= 11 is 0. The molecule has 3 rings (SSSR count). The Kier molecular flexibility index (Phi) is 6.92. The molecule has 0 radical (unpaired) electrons.